The summed E-state index contributed by atoms with van der Waals surface area (Å²) in [6.07, 6.45) is 0. The molecule has 0 aliphatic carbocycles. The molecule has 0 radical (unpaired) electrons. The number of urea groups is 1. The van der Waals surface area contributed by atoms with Crippen molar-refractivity contribution in [1.29, 1.82) is 0 Å². The van der Waals surface area contributed by atoms with Crippen LogP contribution in [0, 0.1) is 0 Å². The number of hydrogen-bond acceptors (Lipinski definition) is 4. The highest BCUT2D eigenvalue weighted by Gasteiger charge is 2.44. The zero-order valence-corrected chi connectivity index (χ0v) is 10.0. The van der Waals surface area contributed by atoms with Crippen LogP contribution in [0.3, 0.4) is 0 Å². The van der Waals surface area contributed by atoms with E-state index in [1.165, 1.54) is 0 Å². The van der Waals surface area contributed by atoms with Gasteiger partial charge in [0.2, 0.25) is 0 Å². The van der Waals surface area contributed by atoms with Gasteiger partial charge in [0.05, 0.1) is 13.2 Å². The number of aliphatic imine (C=N–C) groups is 1. The van der Waals surface area contributed by atoms with Gasteiger partial charge >= 0.3 is 6.03 Å². The van der Waals surface area contributed by atoms with E-state index in [1.807, 2.05) is 13.8 Å². The minimum atomic E-state index is -0.647. The van der Waals surface area contributed by atoms with Gasteiger partial charge in [-0.25, -0.2) is 4.79 Å². The summed E-state index contributed by atoms with van der Waals surface area (Å²) < 4.78 is 10.3. The normalized spacial score (nSPS) is 25.1. The Morgan fingerprint density at radius 2 is 2.25 bits per heavy atom. The number of nitrogens with zero attached hydrogens (tertiary/aromatic N) is 2. The fraction of sp³-hybridized carbons (Fsp3) is 0.800. The third kappa shape index (κ3) is 2.33. The molecule has 6 heteroatoms. The number of amides is 2. The van der Waals surface area contributed by atoms with Crippen molar-refractivity contribution in [3.8, 4) is 0 Å². The molecule has 0 fully saturated rings. The molecule has 1 heterocycles. The fourth-order valence-electron chi connectivity index (χ4n) is 1.61. The summed E-state index contributed by atoms with van der Waals surface area (Å²) in [5.41, 5.74) is 5.13. The number of ether oxygens (including phenoxy) is 2. The van der Waals surface area contributed by atoms with E-state index >= 15 is 0 Å². The first-order valence-corrected chi connectivity index (χ1v) is 5.29. The number of carbonyl (C=O) groups is 1. The van der Waals surface area contributed by atoms with Crippen molar-refractivity contribution < 1.29 is 14.3 Å². The van der Waals surface area contributed by atoms with Gasteiger partial charge in [-0.05, 0) is 13.8 Å². The standard InChI is InChI=1S/C10H19N3O3/c1-4-16-7-10(2)8(11)12-9(14)13(10)5-6-15-3/h4-7H2,1-3H3,(H2,11,12,14). The number of nitrogens with two attached hydrogens (primary N) is 1. The summed E-state index contributed by atoms with van der Waals surface area (Å²) in [4.78, 5) is 17.0. The maximum absolute atomic E-state index is 11.6. The van der Waals surface area contributed by atoms with Crippen molar-refractivity contribution in [3.05, 3.63) is 0 Å². The molecule has 2 N–H and O–H groups in total. The summed E-state index contributed by atoms with van der Waals surface area (Å²) >= 11 is 0. The molecule has 92 valence electrons. The Kier molecular flexibility index (Phi) is 4.26. The number of amidine groups is 1. The molecule has 1 rings (SSSR count). The van der Waals surface area contributed by atoms with Crippen LogP contribution < -0.4 is 5.73 Å². The number of hydrogen-bond donors (Lipinski definition) is 1. The van der Waals surface area contributed by atoms with Crippen LogP contribution in [-0.2, 0) is 9.47 Å². The Bertz CT molecular complexity index is 293. The molecule has 1 unspecified atom stereocenters. The number of methoxy groups -OCH3 is 1. The summed E-state index contributed by atoms with van der Waals surface area (Å²) in [5, 5.41) is 0. The van der Waals surface area contributed by atoms with Crippen LogP contribution in [0.1, 0.15) is 13.8 Å². The average molecular weight is 229 g/mol. The van der Waals surface area contributed by atoms with Crippen molar-refractivity contribution in [2.45, 2.75) is 19.4 Å². The smallest absolute Gasteiger partial charge is 0.346 e. The second-order valence-corrected chi connectivity index (χ2v) is 3.84. The third-order valence-electron chi connectivity index (χ3n) is 2.70. The first-order chi connectivity index (χ1) is 7.56. The van der Waals surface area contributed by atoms with E-state index in [0.29, 0.717) is 32.2 Å². The predicted octanol–water partition coefficient (Wildman–Crippen LogP) is 0.221. The topological polar surface area (TPSA) is 77.2 Å². The van der Waals surface area contributed by atoms with Gasteiger partial charge in [0.15, 0.2) is 0 Å². The molecule has 1 atom stereocenters. The Labute approximate surface area is 95.4 Å². The zero-order valence-electron chi connectivity index (χ0n) is 10.0. The molecular formula is C10H19N3O3. The largest absolute Gasteiger partial charge is 0.385 e. The molecule has 1 aliphatic rings. The van der Waals surface area contributed by atoms with Gasteiger partial charge in [0.25, 0.3) is 0 Å². The molecule has 0 saturated heterocycles. The van der Waals surface area contributed by atoms with Crippen LogP contribution in [0.15, 0.2) is 4.99 Å². The maximum Gasteiger partial charge on any atom is 0.346 e. The lowest BCUT2D eigenvalue weighted by molar-refractivity contribution is 0.0556. The molecule has 2 amide bonds. The molecule has 1 aliphatic heterocycles. The van der Waals surface area contributed by atoms with Gasteiger partial charge in [0, 0.05) is 20.3 Å². The van der Waals surface area contributed by atoms with Crippen molar-refractivity contribution in [1.82, 2.24) is 4.90 Å². The predicted molar refractivity (Wildman–Crippen MR) is 60.5 cm³/mol. The lowest BCUT2D eigenvalue weighted by Crippen LogP contribution is -2.55. The van der Waals surface area contributed by atoms with E-state index < -0.39 is 5.54 Å². The van der Waals surface area contributed by atoms with Crippen LogP contribution in [0.25, 0.3) is 0 Å². The highest BCUT2D eigenvalue weighted by Crippen LogP contribution is 2.23. The van der Waals surface area contributed by atoms with Crippen LogP contribution in [0.5, 0.6) is 0 Å². The summed E-state index contributed by atoms with van der Waals surface area (Å²) in [5.74, 6) is 0.307. The van der Waals surface area contributed by atoms with E-state index in [4.69, 9.17) is 15.2 Å². The summed E-state index contributed by atoms with van der Waals surface area (Å²) in [6, 6.07) is -0.322. The molecule has 0 aromatic heterocycles. The van der Waals surface area contributed by atoms with Crippen molar-refractivity contribution in [2.24, 2.45) is 10.7 Å². The van der Waals surface area contributed by atoms with Gasteiger partial charge in [0.1, 0.15) is 11.4 Å². The van der Waals surface area contributed by atoms with E-state index in [9.17, 15) is 4.79 Å². The van der Waals surface area contributed by atoms with E-state index in [1.54, 1.807) is 12.0 Å². The first kappa shape index (κ1) is 12.9. The minimum absolute atomic E-state index is 0.307. The highest BCUT2D eigenvalue weighted by atomic mass is 16.5. The Morgan fingerprint density at radius 1 is 1.56 bits per heavy atom. The monoisotopic (exact) mass is 229 g/mol. The molecule has 0 saturated carbocycles. The van der Waals surface area contributed by atoms with E-state index in [-0.39, 0.29) is 6.03 Å². The molecule has 0 aromatic carbocycles. The maximum atomic E-state index is 11.6. The lowest BCUT2D eigenvalue weighted by Gasteiger charge is -2.34. The van der Waals surface area contributed by atoms with Crippen LogP contribution >= 0.6 is 0 Å². The number of rotatable bonds is 6. The molecule has 6 nitrogen and oxygen atoms in total. The third-order valence-corrected chi connectivity index (χ3v) is 2.70. The highest BCUT2D eigenvalue weighted by molar-refractivity contribution is 6.05. The SMILES string of the molecule is CCOCC1(C)C(N)=NC(=O)N1CCOC. The fourth-order valence-corrected chi connectivity index (χ4v) is 1.61. The van der Waals surface area contributed by atoms with Crippen molar-refractivity contribution in [2.75, 3.05) is 33.5 Å². The Balaban J connectivity index is 2.75. The van der Waals surface area contributed by atoms with Crippen molar-refractivity contribution in [3.63, 3.8) is 0 Å². The van der Waals surface area contributed by atoms with Gasteiger partial charge < -0.3 is 20.1 Å². The van der Waals surface area contributed by atoms with Crippen LogP contribution in [-0.4, -0.2) is 55.8 Å². The first-order valence-electron chi connectivity index (χ1n) is 5.29. The summed E-state index contributed by atoms with van der Waals surface area (Å²) in [6.45, 7) is 5.60. The van der Waals surface area contributed by atoms with E-state index in [0.717, 1.165) is 0 Å². The van der Waals surface area contributed by atoms with Gasteiger partial charge in [-0.2, -0.15) is 4.99 Å². The van der Waals surface area contributed by atoms with Gasteiger partial charge in [-0.3, -0.25) is 0 Å². The zero-order chi connectivity index (χ0) is 12.2. The second-order valence-electron chi connectivity index (χ2n) is 3.84. The van der Waals surface area contributed by atoms with E-state index in [2.05, 4.69) is 4.99 Å². The quantitative estimate of drug-likeness (QED) is 0.706. The minimum Gasteiger partial charge on any atom is -0.385 e. The van der Waals surface area contributed by atoms with Gasteiger partial charge in [-0.1, -0.05) is 0 Å². The Hall–Kier alpha value is -1.14. The molecule has 0 spiro atoms. The molecule has 0 bridgehead atoms. The molecule has 0 aromatic rings. The van der Waals surface area contributed by atoms with Crippen LogP contribution in [0.2, 0.25) is 0 Å². The van der Waals surface area contributed by atoms with Crippen LogP contribution in [0.4, 0.5) is 4.79 Å². The Morgan fingerprint density at radius 3 is 2.81 bits per heavy atom. The van der Waals surface area contributed by atoms with Gasteiger partial charge in [-0.15, -0.1) is 0 Å². The summed E-state index contributed by atoms with van der Waals surface area (Å²) in [7, 11) is 1.59. The van der Waals surface area contributed by atoms with Crippen molar-refractivity contribution >= 4 is 11.9 Å². The average Bonchev–Trinajstić information content (AvgIpc) is 2.46. The lowest BCUT2D eigenvalue weighted by atomic mass is 10.0. The second kappa shape index (κ2) is 5.27. The number of carbonyl (C=O) groups excluding carboxylic acids is 1. The molecular weight excluding hydrogens is 210 g/mol. The molecule has 16 heavy (non-hydrogen) atoms.